The van der Waals surface area contributed by atoms with Crippen LogP contribution >= 0.6 is 0 Å². The molecule has 0 aliphatic carbocycles. The SMILES string of the molecule is CC(=O)C=C(C)O.CC(C)CC(=O)C=C(O)CC(C)C.CC(C)Cc1cccc2nc3c(cc12)OCc1ccc[c-]c1-3.CC(C)Cc1cccc2nc3c(cc12)OCc1ccc[c-]c1-3.CC(C)Cc1cccc2nc3c(cc12)OCc1ccc[c-]c1-3.CC(C)Cc1cccc2nc3c(cc12)OCc1ccc[c-]c1-3.O=C(O)c1ccccn1.[Ir].[Ir].[Ir].[Ir]. The van der Waals surface area contributed by atoms with Crippen molar-refractivity contribution >= 4 is 61.1 Å². The molecule has 8 aromatic carbocycles. The first-order valence-corrected chi connectivity index (χ1v) is 40.4. The van der Waals surface area contributed by atoms with Gasteiger partial charge in [-0.15, -0.1) is 119 Å². The fourth-order valence-corrected chi connectivity index (χ4v) is 14.4. The largest absolute Gasteiger partial charge is 0.512 e. The van der Waals surface area contributed by atoms with Crippen LogP contribution < -0.4 is 18.9 Å². The summed E-state index contributed by atoms with van der Waals surface area (Å²) in [6.07, 6.45) is 9.30. The summed E-state index contributed by atoms with van der Waals surface area (Å²) >= 11 is 0. The van der Waals surface area contributed by atoms with Crippen LogP contribution in [0.2, 0.25) is 0 Å². The number of aromatic carboxylic acids is 1. The fraction of sp³-hybridized carbons (Fsp3) is 0.294. The van der Waals surface area contributed by atoms with Crippen molar-refractivity contribution in [3.05, 3.63) is 292 Å². The van der Waals surface area contributed by atoms with Crippen molar-refractivity contribution in [2.75, 3.05) is 0 Å². The third kappa shape index (κ3) is 27.1. The number of aliphatic hydroxyl groups is 2. The van der Waals surface area contributed by atoms with Crippen molar-refractivity contribution in [3.63, 3.8) is 0 Å². The van der Waals surface area contributed by atoms with Crippen LogP contribution in [0, 0.1) is 59.8 Å². The van der Waals surface area contributed by atoms with Gasteiger partial charge in [0.05, 0.1) is 60.0 Å². The van der Waals surface area contributed by atoms with Crippen molar-refractivity contribution < 1.29 is 129 Å². The van der Waals surface area contributed by atoms with E-state index in [4.69, 9.17) is 49.1 Å². The Labute approximate surface area is 766 Å². The van der Waals surface area contributed by atoms with Gasteiger partial charge in [0.1, 0.15) is 28.7 Å². The number of carbonyl (C=O) groups is 3. The Hall–Kier alpha value is -9.76. The molecule has 19 heteroatoms. The summed E-state index contributed by atoms with van der Waals surface area (Å²) < 4.78 is 23.7. The van der Waals surface area contributed by atoms with E-state index in [0.29, 0.717) is 74.8 Å². The van der Waals surface area contributed by atoms with Crippen LogP contribution in [0.5, 0.6) is 23.0 Å². The predicted octanol–water partition coefficient (Wildman–Crippen LogP) is 24.1. The fourth-order valence-electron chi connectivity index (χ4n) is 14.4. The van der Waals surface area contributed by atoms with Gasteiger partial charge in [-0.25, -0.2) is 9.78 Å². The Balaban J connectivity index is 0.000000199. The van der Waals surface area contributed by atoms with Crippen LogP contribution in [-0.4, -0.2) is 57.8 Å². The molecule has 0 saturated heterocycles. The molecule has 15 nitrogen and oxygen atoms in total. The van der Waals surface area contributed by atoms with Crippen LogP contribution in [0.25, 0.3) is 88.6 Å². The van der Waals surface area contributed by atoms with Gasteiger partial charge in [-0.3, -0.25) is 29.5 Å². The van der Waals surface area contributed by atoms with Crippen LogP contribution in [0.15, 0.2) is 218 Å². The third-order valence-corrected chi connectivity index (χ3v) is 19.3. The van der Waals surface area contributed by atoms with E-state index >= 15 is 0 Å². The van der Waals surface area contributed by atoms with Crippen LogP contribution in [-0.2, 0) is 142 Å². The number of pyridine rings is 5. The molecule has 4 aliphatic heterocycles. The summed E-state index contributed by atoms with van der Waals surface area (Å²) in [5.74, 6) is 5.91. The second kappa shape index (κ2) is 47.0. The van der Waals surface area contributed by atoms with E-state index < -0.39 is 5.97 Å². The summed E-state index contributed by atoms with van der Waals surface area (Å²) in [6.45, 7) is 31.2. The summed E-state index contributed by atoms with van der Waals surface area (Å²) in [5, 5.41) is 30.8. The maximum atomic E-state index is 11.2. The van der Waals surface area contributed by atoms with Gasteiger partial charge in [-0.1, -0.05) is 160 Å². The molecule has 3 N–H and O–H groups in total. The van der Waals surface area contributed by atoms with Crippen LogP contribution in [0.3, 0.4) is 0 Å². The molecule has 0 bridgehead atoms. The van der Waals surface area contributed by atoms with Crippen molar-refractivity contribution in [2.45, 2.75) is 162 Å². The first kappa shape index (κ1) is 98.4. The number of benzene rings is 8. The Morgan fingerprint density at radius 3 is 0.893 bits per heavy atom. The maximum absolute atomic E-state index is 11.2. The molecule has 0 unspecified atom stereocenters. The quantitative estimate of drug-likeness (QED) is 0.0495. The minimum absolute atomic E-state index is 0. The number of rotatable bonds is 15. The number of carbonyl (C=O) groups excluding carboxylic acids is 2. The summed E-state index contributed by atoms with van der Waals surface area (Å²) in [5.41, 5.74) is 22.1. The maximum Gasteiger partial charge on any atom is 0.354 e. The zero-order chi connectivity index (χ0) is 83.4. The Morgan fingerprint density at radius 2 is 0.669 bits per heavy atom. The number of aliphatic hydroxyl groups excluding tert-OH is 2. The van der Waals surface area contributed by atoms with Gasteiger partial charge in [0.2, 0.25) is 0 Å². The molecular formula is C102H105Ir4N5O10-4. The molecule has 121 heavy (non-hydrogen) atoms. The van der Waals surface area contributed by atoms with Gasteiger partial charge >= 0.3 is 5.97 Å². The zero-order valence-corrected chi connectivity index (χ0v) is 80.5. The predicted molar refractivity (Wildman–Crippen MR) is 468 cm³/mol. The standard InChI is InChI=1S/4C20H18NO.C11H20O2.C6H5NO2.C5H8O2.4Ir/c4*1-13(2)10-14-7-5-9-18-17(14)11-19-20(21-18)16-8-4-3-6-15(16)12-22-19;1-8(2)5-10(12)7-11(13)6-9(3)4;8-6(9)5-3-1-2-4-7-5;1-4(6)3-5(2)7;;;;/h4*3-7,9,11,13H,10,12H2,1-2H3;7-9,12H,5-6H2,1-4H3;1-4H,(H,8,9);3,6H,1-2H3;;;;/q4*-1;;;;;;;. The molecule has 17 rings (SSSR count). The van der Waals surface area contributed by atoms with Gasteiger partial charge in [-0.2, -0.15) is 0 Å². The first-order valence-electron chi connectivity index (χ1n) is 40.4. The number of hydrogen-bond donors (Lipinski definition) is 3. The van der Waals surface area contributed by atoms with Crippen LogP contribution in [0.1, 0.15) is 165 Å². The Kier molecular flexibility index (Phi) is 38.2. The third-order valence-electron chi connectivity index (χ3n) is 19.3. The molecule has 4 radical (unpaired) electrons. The molecule has 0 spiro atoms. The molecule has 9 heterocycles. The van der Waals surface area contributed by atoms with Gasteiger partial charge in [-0.05, 0) is 158 Å². The molecule has 0 amide bonds. The Morgan fingerprint density at radius 1 is 0.372 bits per heavy atom. The normalized spacial score (nSPS) is 12.0. The van der Waals surface area contributed by atoms with E-state index in [9.17, 15) is 19.5 Å². The second-order valence-corrected chi connectivity index (χ2v) is 32.3. The number of hydrogen-bond acceptors (Lipinski definition) is 14. The molecular weight excluding hydrogens is 2220 g/mol. The smallest absolute Gasteiger partial charge is 0.354 e. The van der Waals surface area contributed by atoms with Gasteiger partial charge in [0.25, 0.3) is 0 Å². The van der Waals surface area contributed by atoms with E-state index in [1.54, 1.807) is 12.1 Å². The molecule has 4 aliphatic rings. The molecule has 0 saturated carbocycles. The molecule has 0 fully saturated rings. The monoisotopic (exact) mass is 2330 g/mol. The molecule has 5 aromatic heterocycles. The van der Waals surface area contributed by atoms with Gasteiger partial charge in [0, 0.05) is 156 Å². The van der Waals surface area contributed by atoms with Crippen molar-refractivity contribution in [2.24, 2.45) is 35.5 Å². The average molecular weight is 2330 g/mol. The number of nitrogens with zero attached hydrogens (tertiary/aromatic N) is 5. The minimum Gasteiger partial charge on any atom is -0.512 e. The number of ketones is 2. The van der Waals surface area contributed by atoms with E-state index in [1.807, 2.05) is 76.2 Å². The summed E-state index contributed by atoms with van der Waals surface area (Å²) in [6, 6.07) is 76.2. The molecule has 0 atom stereocenters. The van der Waals surface area contributed by atoms with Crippen molar-refractivity contribution in [1.29, 1.82) is 0 Å². The van der Waals surface area contributed by atoms with E-state index in [1.165, 1.54) is 82.1 Å². The first-order chi connectivity index (χ1) is 56.2. The zero-order valence-electron chi connectivity index (χ0n) is 70.9. The van der Waals surface area contributed by atoms with E-state index in [2.05, 4.69) is 206 Å². The topological polar surface area (TPSA) is 213 Å². The Bertz CT molecular complexity index is 5170. The number of carboxylic acid groups (broad SMARTS) is 1. The second-order valence-electron chi connectivity index (χ2n) is 32.3. The molecule has 13 aromatic rings. The average Bonchev–Trinajstić information content (AvgIpc) is 0.781. The summed E-state index contributed by atoms with van der Waals surface area (Å²) in [7, 11) is 0. The van der Waals surface area contributed by atoms with E-state index in [-0.39, 0.29) is 109 Å². The van der Waals surface area contributed by atoms with Crippen molar-refractivity contribution in [3.8, 4) is 68.0 Å². The summed E-state index contributed by atoms with van der Waals surface area (Å²) in [4.78, 5) is 54.4. The molecule has 638 valence electrons. The number of fused-ring (bicyclic) bond motifs is 16. The van der Waals surface area contributed by atoms with Gasteiger partial charge < -0.3 is 34.3 Å². The van der Waals surface area contributed by atoms with E-state index in [0.717, 1.165) is 138 Å². The van der Waals surface area contributed by atoms with Crippen molar-refractivity contribution in [1.82, 2.24) is 24.9 Å². The van der Waals surface area contributed by atoms with Gasteiger partial charge in [0.15, 0.2) is 11.6 Å². The number of carboxylic acids is 1. The minimum atomic E-state index is -0.990. The number of allylic oxidation sites excluding steroid dienone is 4. The van der Waals surface area contributed by atoms with Crippen LogP contribution in [0.4, 0.5) is 0 Å². The number of aromatic nitrogens is 5. The number of ether oxygens (including phenoxy) is 4.